The molecule has 1 aromatic heterocycles. The maximum absolute atomic E-state index is 15.3. The van der Waals surface area contributed by atoms with E-state index in [1.807, 2.05) is 18.1 Å². The van der Waals surface area contributed by atoms with Crippen molar-refractivity contribution in [1.82, 2.24) is 25.0 Å². The quantitative estimate of drug-likeness (QED) is 0.501. The number of aromatic nitrogens is 2. The number of nitrogens with zero attached hydrogens (tertiary/aromatic N) is 5. The lowest BCUT2D eigenvalue weighted by atomic mass is 9.92. The highest BCUT2D eigenvalue weighted by Crippen LogP contribution is 2.34. The number of rotatable bonds is 5. The van der Waals surface area contributed by atoms with Crippen LogP contribution in [0.5, 0.6) is 0 Å². The number of carbonyl (C=O) groups is 2. The number of nitrogens with two attached hydrogens (primary N) is 1. The fourth-order valence-corrected chi connectivity index (χ4v) is 5.57. The van der Waals surface area contributed by atoms with Gasteiger partial charge >= 0.3 is 0 Å². The first-order valence-corrected chi connectivity index (χ1v) is 12.4. The summed E-state index contributed by atoms with van der Waals surface area (Å²) >= 11 is 0. The summed E-state index contributed by atoms with van der Waals surface area (Å²) in [6.07, 6.45) is 4.21. The molecule has 3 aliphatic heterocycles. The van der Waals surface area contributed by atoms with Gasteiger partial charge < -0.3 is 4.90 Å². The second kappa shape index (κ2) is 9.59. The zero-order valence-corrected chi connectivity index (χ0v) is 19.8. The van der Waals surface area contributed by atoms with Crippen LogP contribution < -0.4 is 16.1 Å². The van der Waals surface area contributed by atoms with Crippen LogP contribution in [-0.4, -0.2) is 77.3 Å². The van der Waals surface area contributed by atoms with Gasteiger partial charge in [-0.2, -0.15) is 5.10 Å². The highest BCUT2D eigenvalue weighted by molar-refractivity contribution is 6.02. The van der Waals surface area contributed by atoms with E-state index in [2.05, 4.69) is 20.2 Å². The number of halogens is 1. The summed E-state index contributed by atoms with van der Waals surface area (Å²) < 4.78 is 17.0. The van der Waals surface area contributed by atoms with Crippen LogP contribution in [0, 0.1) is 11.7 Å². The third kappa shape index (κ3) is 4.67. The number of hydrogen-bond acceptors (Lipinski definition) is 7. The number of benzene rings is 1. The maximum atomic E-state index is 15.3. The Morgan fingerprint density at radius 1 is 1.09 bits per heavy atom. The van der Waals surface area contributed by atoms with E-state index < -0.39 is 5.92 Å². The first-order valence-electron chi connectivity index (χ1n) is 12.4. The molecular weight excluding hydrogens is 437 g/mol. The second-order valence-corrected chi connectivity index (χ2v) is 9.93. The molecular formula is C24H34FN7O2. The number of hydrogen-bond donors (Lipinski definition) is 2. The van der Waals surface area contributed by atoms with Gasteiger partial charge in [-0.15, -0.1) is 0 Å². The molecule has 3 fully saturated rings. The molecule has 0 radical (unpaired) electrons. The van der Waals surface area contributed by atoms with E-state index in [9.17, 15) is 9.59 Å². The number of fused-ring (bicyclic) bond motifs is 1. The smallest absolute Gasteiger partial charge is 0.235 e. The highest BCUT2D eigenvalue weighted by Gasteiger charge is 2.32. The average Bonchev–Trinajstić information content (AvgIpc) is 3.13. The molecule has 3 saturated heterocycles. The van der Waals surface area contributed by atoms with Crippen molar-refractivity contribution in [3.05, 3.63) is 23.6 Å². The summed E-state index contributed by atoms with van der Waals surface area (Å²) in [5.41, 5.74) is 1.92. The Hall–Kier alpha value is -2.56. The van der Waals surface area contributed by atoms with E-state index in [4.69, 9.17) is 5.84 Å². The Labute approximate surface area is 199 Å². The summed E-state index contributed by atoms with van der Waals surface area (Å²) in [5, 5.41) is 9.47. The van der Waals surface area contributed by atoms with Crippen molar-refractivity contribution in [2.24, 2.45) is 18.8 Å². The number of hydrazine groups is 1. The topological polar surface area (TPSA) is 99.7 Å². The number of amides is 2. The summed E-state index contributed by atoms with van der Waals surface area (Å²) in [5.74, 6) is 5.16. The molecule has 1 atom stereocenters. The Kier molecular flexibility index (Phi) is 6.54. The van der Waals surface area contributed by atoms with Crippen LogP contribution in [0.1, 0.15) is 43.7 Å². The molecule has 9 nitrogen and oxygen atoms in total. The zero-order chi connectivity index (χ0) is 23.8. The van der Waals surface area contributed by atoms with Gasteiger partial charge in [0.25, 0.3) is 0 Å². The largest absolute Gasteiger partial charge is 0.367 e. The van der Waals surface area contributed by atoms with Crippen LogP contribution >= 0.6 is 0 Å². The minimum absolute atomic E-state index is 0.268. The van der Waals surface area contributed by atoms with Gasteiger partial charge in [-0.1, -0.05) is 0 Å². The van der Waals surface area contributed by atoms with Gasteiger partial charge in [0.1, 0.15) is 5.82 Å². The maximum Gasteiger partial charge on any atom is 0.235 e. The minimum atomic E-state index is -0.535. The molecule has 34 heavy (non-hydrogen) atoms. The zero-order valence-electron chi connectivity index (χ0n) is 19.8. The van der Waals surface area contributed by atoms with E-state index >= 15 is 4.39 Å². The summed E-state index contributed by atoms with van der Waals surface area (Å²) in [7, 11) is 1.81. The number of anilines is 1. The molecule has 1 aromatic carbocycles. The number of nitrogens with one attached hydrogen (secondary N) is 1. The lowest BCUT2D eigenvalue weighted by molar-refractivity contribution is -0.134. The molecule has 0 bridgehead atoms. The van der Waals surface area contributed by atoms with Crippen molar-refractivity contribution in [2.45, 2.75) is 38.0 Å². The van der Waals surface area contributed by atoms with Crippen LogP contribution in [-0.2, 0) is 16.6 Å². The molecule has 3 N–H and O–H groups in total. The second-order valence-electron chi connectivity index (χ2n) is 9.93. The Morgan fingerprint density at radius 2 is 1.82 bits per heavy atom. The van der Waals surface area contributed by atoms with Gasteiger partial charge in [-0.3, -0.25) is 30.3 Å². The first-order chi connectivity index (χ1) is 16.4. The van der Waals surface area contributed by atoms with E-state index in [1.165, 1.54) is 25.3 Å². The Balaban J connectivity index is 1.25. The lowest BCUT2D eigenvalue weighted by Gasteiger charge is -2.37. The van der Waals surface area contributed by atoms with Crippen LogP contribution in [0.4, 0.5) is 10.1 Å². The van der Waals surface area contributed by atoms with Crippen molar-refractivity contribution >= 4 is 28.4 Å². The summed E-state index contributed by atoms with van der Waals surface area (Å²) in [4.78, 5) is 28.5. The van der Waals surface area contributed by atoms with E-state index in [1.54, 1.807) is 4.68 Å². The SMILES string of the molecule is Cn1nc(C2CCC(=O)NC2=O)c2cc(F)c(N3CCN(CCC4CCN(N)CC4)CC3)cc21. The number of aryl methyl sites for hydroxylation is 1. The normalized spacial score (nSPS) is 23.6. The standard InChI is InChI=1S/C24H34FN7O2/c1-29-20-15-21(19(25)14-18(20)23(28-29)17-2-3-22(33)27-24(17)34)31-12-10-30(11-13-31)7-4-16-5-8-32(26)9-6-16/h14-17H,2-13,26H2,1H3,(H,27,33,34). The number of piperidine rings is 2. The van der Waals surface area contributed by atoms with Crippen molar-refractivity contribution in [3.63, 3.8) is 0 Å². The van der Waals surface area contributed by atoms with E-state index in [0.29, 0.717) is 23.2 Å². The van der Waals surface area contributed by atoms with Crippen LogP contribution in [0.2, 0.25) is 0 Å². The number of piperazine rings is 1. The minimum Gasteiger partial charge on any atom is -0.367 e. The van der Waals surface area contributed by atoms with Gasteiger partial charge in [0.05, 0.1) is 22.8 Å². The number of carbonyl (C=O) groups excluding carboxylic acids is 2. The average molecular weight is 472 g/mol. The molecule has 184 valence electrons. The molecule has 10 heteroatoms. The van der Waals surface area contributed by atoms with Gasteiger partial charge in [0.15, 0.2) is 0 Å². The summed E-state index contributed by atoms with van der Waals surface area (Å²) in [6, 6.07) is 3.36. The molecule has 5 rings (SSSR count). The predicted octanol–water partition coefficient (Wildman–Crippen LogP) is 1.33. The first kappa shape index (κ1) is 23.2. The van der Waals surface area contributed by atoms with Crippen LogP contribution in [0.15, 0.2) is 12.1 Å². The molecule has 0 saturated carbocycles. The fraction of sp³-hybridized carbons (Fsp3) is 0.625. The number of imide groups is 1. The predicted molar refractivity (Wildman–Crippen MR) is 128 cm³/mol. The van der Waals surface area contributed by atoms with Gasteiger partial charge in [-0.25, -0.2) is 9.40 Å². The third-order valence-electron chi connectivity index (χ3n) is 7.73. The van der Waals surface area contributed by atoms with Gasteiger partial charge in [0, 0.05) is 58.1 Å². The highest BCUT2D eigenvalue weighted by atomic mass is 19.1. The molecule has 4 heterocycles. The molecule has 1 unspecified atom stereocenters. The molecule has 0 spiro atoms. The van der Waals surface area contributed by atoms with E-state index in [0.717, 1.165) is 57.2 Å². The summed E-state index contributed by atoms with van der Waals surface area (Å²) in [6.45, 7) is 6.45. The van der Waals surface area contributed by atoms with E-state index in [-0.39, 0.29) is 24.1 Å². The Morgan fingerprint density at radius 3 is 2.53 bits per heavy atom. The molecule has 0 aliphatic carbocycles. The van der Waals surface area contributed by atoms with Gasteiger partial charge in [0.2, 0.25) is 11.8 Å². The van der Waals surface area contributed by atoms with Crippen LogP contribution in [0.3, 0.4) is 0 Å². The third-order valence-corrected chi connectivity index (χ3v) is 7.73. The fourth-order valence-electron chi connectivity index (χ4n) is 5.57. The van der Waals surface area contributed by atoms with Crippen LogP contribution in [0.25, 0.3) is 10.9 Å². The van der Waals surface area contributed by atoms with Crippen molar-refractivity contribution < 1.29 is 14.0 Å². The Bertz CT molecular complexity index is 1070. The molecule has 2 amide bonds. The molecule has 2 aromatic rings. The monoisotopic (exact) mass is 471 g/mol. The lowest BCUT2D eigenvalue weighted by Crippen LogP contribution is -2.47. The van der Waals surface area contributed by atoms with Crippen molar-refractivity contribution in [2.75, 3.05) is 50.7 Å². The van der Waals surface area contributed by atoms with Crippen molar-refractivity contribution in [1.29, 1.82) is 0 Å². The molecule has 3 aliphatic rings. The van der Waals surface area contributed by atoms with Gasteiger partial charge in [-0.05, 0) is 50.3 Å². The van der Waals surface area contributed by atoms with Crippen molar-refractivity contribution in [3.8, 4) is 0 Å².